The number of rotatable bonds is 4. The van der Waals surface area contributed by atoms with Crippen LogP contribution in [-0.2, 0) is 0 Å². The van der Waals surface area contributed by atoms with Crippen molar-refractivity contribution in [2.75, 3.05) is 13.1 Å². The minimum Gasteiger partial charge on any atom is -0.438 e. The fourth-order valence-electron chi connectivity index (χ4n) is 3.90. The summed E-state index contributed by atoms with van der Waals surface area (Å²) in [6.45, 7) is 2.16. The Hall–Kier alpha value is -2.73. The molecule has 2 aromatic heterocycles. The largest absolute Gasteiger partial charge is 0.438 e. The van der Waals surface area contributed by atoms with Crippen LogP contribution in [0.1, 0.15) is 31.1 Å². The molecule has 1 atom stereocenters. The second-order valence-electron chi connectivity index (χ2n) is 7.10. The number of para-hydroxylation sites is 1. The molecule has 6 heteroatoms. The van der Waals surface area contributed by atoms with Crippen molar-refractivity contribution in [2.45, 2.75) is 25.2 Å². The molecular weight excluding hydrogens is 328 g/mol. The lowest BCUT2D eigenvalue weighted by Crippen LogP contribution is -2.29. The summed E-state index contributed by atoms with van der Waals surface area (Å²) >= 11 is 0. The van der Waals surface area contributed by atoms with Crippen LogP contribution < -0.4 is 10.1 Å². The van der Waals surface area contributed by atoms with E-state index in [0.29, 0.717) is 23.0 Å². The molecule has 1 N–H and O–H groups in total. The number of hydrogen-bond acceptors (Lipinski definition) is 6. The van der Waals surface area contributed by atoms with E-state index < -0.39 is 0 Å². The number of hydrogen-bond donors (Lipinski definition) is 1. The highest BCUT2D eigenvalue weighted by atomic mass is 16.5. The Morgan fingerprint density at radius 2 is 1.92 bits per heavy atom. The number of pyridine rings is 1. The molecule has 1 aromatic carbocycles. The molecule has 26 heavy (non-hydrogen) atoms. The van der Waals surface area contributed by atoms with Crippen molar-refractivity contribution in [3.05, 3.63) is 54.6 Å². The van der Waals surface area contributed by atoms with Crippen LogP contribution in [0.5, 0.6) is 11.6 Å². The number of nitrogens with zero attached hydrogens (tertiary/aromatic N) is 3. The summed E-state index contributed by atoms with van der Waals surface area (Å²) in [5.74, 6) is 2.89. The van der Waals surface area contributed by atoms with E-state index in [2.05, 4.69) is 20.4 Å². The van der Waals surface area contributed by atoms with Gasteiger partial charge >= 0.3 is 0 Å². The zero-order valence-corrected chi connectivity index (χ0v) is 14.4. The monoisotopic (exact) mass is 348 g/mol. The number of aromatic nitrogens is 3. The standard InChI is InChI=1S/C20H20N4O2/c1-2-5-14(6-3-1)25-18-15(7-4-10-22-18)17-23-19(26-24-17)16-13-20(16)8-11-21-12-9-20/h1-7,10,16,21H,8-9,11-13H2. The lowest BCUT2D eigenvalue weighted by Gasteiger charge is -2.22. The third-order valence-electron chi connectivity index (χ3n) is 5.50. The van der Waals surface area contributed by atoms with Gasteiger partial charge in [0.25, 0.3) is 0 Å². The van der Waals surface area contributed by atoms with E-state index in [1.54, 1.807) is 6.20 Å². The molecule has 1 spiro atoms. The Labute approximate surface area is 151 Å². The Bertz CT molecular complexity index is 903. The van der Waals surface area contributed by atoms with Crippen LogP contribution in [0.3, 0.4) is 0 Å². The smallest absolute Gasteiger partial charge is 0.230 e. The van der Waals surface area contributed by atoms with Crippen molar-refractivity contribution >= 4 is 0 Å². The minimum atomic E-state index is 0.368. The first-order valence-electron chi connectivity index (χ1n) is 9.07. The highest BCUT2D eigenvalue weighted by Crippen LogP contribution is 2.63. The normalized spacial score (nSPS) is 20.8. The molecule has 6 nitrogen and oxygen atoms in total. The van der Waals surface area contributed by atoms with Gasteiger partial charge in [0.05, 0.1) is 5.56 Å². The van der Waals surface area contributed by atoms with Gasteiger partial charge < -0.3 is 14.6 Å². The lowest BCUT2D eigenvalue weighted by atomic mass is 9.92. The van der Waals surface area contributed by atoms with Gasteiger partial charge in [0.15, 0.2) is 0 Å². The predicted octanol–water partition coefficient (Wildman–Crippen LogP) is 3.78. The molecule has 3 heterocycles. The van der Waals surface area contributed by atoms with E-state index in [1.165, 1.54) is 12.8 Å². The second-order valence-corrected chi connectivity index (χ2v) is 7.10. The molecule has 1 aliphatic carbocycles. The molecule has 1 aliphatic heterocycles. The quantitative estimate of drug-likeness (QED) is 0.773. The maximum Gasteiger partial charge on any atom is 0.230 e. The van der Waals surface area contributed by atoms with E-state index in [1.807, 2.05) is 42.5 Å². The molecule has 132 valence electrons. The summed E-state index contributed by atoms with van der Waals surface area (Å²) in [5.41, 5.74) is 1.11. The third kappa shape index (κ3) is 2.76. The van der Waals surface area contributed by atoms with Crippen molar-refractivity contribution in [3.63, 3.8) is 0 Å². The summed E-state index contributed by atoms with van der Waals surface area (Å²) in [7, 11) is 0. The van der Waals surface area contributed by atoms with Crippen LogP contribution in [0.25, 0.3) is 11.4 Å². The van der Waals surface area contributed by atoms with Crippen molar-refractivity contribution < 1.29 is 9.26 Å². The van der Waals surface area contributed by atoms with E-state index in [9.17, 15) is 0 Å². The van der Waals surface area contributed by atoms with Crippen LogP contribution >= 0.6 is 0 Å². The highest BCUT2D eigenvalue weighted by molar-refractivity contribution is 5.61. The minimum absolute atomic E-state index is 0.368. The van der Waals surface area contributed by atoms with Crippen LogP contribution in [-0.4, -0.2) is 28.2 Å². The summed E-state index contributed by atoms with van der Waals surface area (Å²) in [6.07, 6.45) is 5.22. The number of piperidine rings is 1. The number of ether oxygens (including phenoxy) is 1. The van der Waals surface area contributed by atoms with Crippen molar-refractivity contribution in [2.24, 2.45) is 5.41 Å². The maximum absolute atomic E-state index is 5.92. The van der Waals surface area contributed by atoms with Gasteiger partial charge in [-0.2, -0.15) is 4.98 Å². The summed E-state index contributed by atoms with van der Waals surface area (Å²) in [6, 6.07) is 13.4. The Kier molecular flexibility index (Phi) is 3.71. The first-order chi connectivity index (χ1) is 12.8. The van der Waals surface area contributed by atoms with Crippen LogP contribution in [0, 0.1) is 5.41 Å². The average molecular weight is 348 g/mol. The zero-order valence-electron chi connectivity index (χ0n) is 14.4. The van der Waals surface area contributed by atoms with E-state index in [-0.39, 0.29) is 0 Å². The van der Waals surface area contributed by atoms with Gasteiger partial charge in [0, 0.05) is 12.1 Å². The van der Waals surface area contributed by atoms with Crippen molar-refractivity contribution in [3.8, 4) is 23.0 Å². The Balaban J connectivity index is 1.40. The van der Waals surface area contributed by atoms with Crippen LogP contribution in [0.15, 0.2) is 53.2 Å². The van der Waals surface area contributed by atoms with Gasteiger partial charge in [0.1, 0.15) is 5.75 Å². The summed E-state index contributed by atoms with van der Waals surface area (Å²) in [4.78, 5) is 9.03. The summed E-state index contributed by atoms with van der Waals surface area (Å²) < 4.78 is 11.5. The fraction of sp³-hybridized carbons (Fsp3) is 0.350. The Morgan fingerprint density at radius 3 is 2.77 bits per heavy atom. The third-order valence-corrected chi connectivity index (χ3v) is 5.50. The molecule has 2 fully saturated rings. The van der Waals surface area contributed by atoms with Crippen LogP contribution in [0.4, 0.5) is 0 Å². The van der Waals surface area contributed by atoms with E-state index in [0.717, 1.165) is 36.7 Å². The topological polar surface area (TPSA) is 73.1 Å². The molecule has 1 saturated carbocycles. The SMILES string of the molecule is c1ccc(Oc2ncccc2-c2noc(C3CC34CCNCC4)n2)cc1. The van der Waals surface area contributed by atoms with Gasteiger partial charge in [-0.3, -0.25) is 0 Å². The van der Waals surface area contributed by atoms with Crippen molar-refractivity contribution in [1.82, 2.24) is 20.4 Å². The van der Waals surface area contributed by atoms with Gasteiger partial charge in [0.2, 0.25) is 17.6 Å². The molecule has 0 radical (unpaired) electrons. The maximum atomic E-state index is 5.92. The lowest BCUT2D eigenvalue weighted by molar-refractivity contribution is 0.311. The molecular formula is C20H20N4O2. The predicted molar refractivity (Wildman–Crippen MR) is 95.9 cm³/mol. The van der Waals surface area contributed by atoms with Gasteiger partial charge in [-0.25, -0.2) is 4.98 Å². The first-order valence-corrected chi connectivity index (χ1v) is 9.07. The molecule has 1 unspecified atom stereocenters. The van der Waals surface area contributed by atoms with Gasteiger partial charge in [-0.05, 0) is 62.0 Å². The average Bonchev–Trinajstić information content (AvgIpc) is 3.15. The van der Waals surface area contributed by atoms with Gasteiger partial charge in [-0.15, -0.1) is 0 Å². The highest BCUT2D eigenvalue weighted by Gasteiger charge is 2.57. The molecule has 0 bridgehead atoms. The van der Waals surface area contributed by atoms with E-state index in [4.69, 9.17) is 9.26 Å². The molecule has 5 rings (SSSR count). The fourth-order valence-corrected chi connectivity index (χ4v) is 3.90. The Morgan fingerprint density at radius 1 is 1.08 bits per heavy atom. The van der Waals surface area contributed by atoms with E-state index >= 15 is 0 Å². The number of benzene rings is 1. The van der Waals surface area contributed by atoms with Gasteiger partial charge in [-0.1, -0.05) is 23.4 Å². The second kappa shape index (κ2) is 6.21. The molecule has 0 amide bonds. The number of nitrogens with one attached hydrogen (secondary N) is 1. The first kappa shape index (κ1) is 15.5. The molecule has 2 aliphatic rings. The molecule has 3 aromatic rings. The summed E-state index contributed by atoms with van der Waals surface area (Å²) in [5, 5.41) is 7.63. The molecule has 1 saturated heterocycles. The zero-order chi connectivity index (χ0) is 17.4. The van der Waals surface area contributed by atoms with Crippen LogP contribution in [0.2, 0.25) is 0 Å². The van der Waals surface area contributed by atoms with Crippen molar-refractivity contribution in [1.29, 1.82) is 0 Å².